The average molecular weight is 445 g/mol. The van der Waals surface area contributed by atoms with Gasteiger partial charge in [0.05, 0.1) is 28.5 Å². The number of ether oxygens (including phenoxy) is 1. The summed E-state index contributed by atoms with van der Waals surface area (Å²) < 4.78 is 8.03. The summed E-state index contributed by atoms with van der Waals surface area (Å²) in [4.78, 5) is 7.21. The summed E-state index contributed by atoms with van der Waals surface area (Å²) in [5.74, 6) is 1.08. The van der Waals surface area contributed by atoms with Gasteiger partial charge in [0, 0.05) is 42.2 Å². The molecule has 1 aromatic carbocycles. The number of aryl methyl sites for hydroxylation is 1. The van der Waals surface area contributed by atoms with E-state index in [4.69, 9.17) is 38.7 Å². The molecule has 0 saturated carbocycles. The van der Waals surface area contributed by atoms with Crippen molar-refractivity contribution in [3.05, 3.63) is 46.2 Å². The molecular weight excluding hydrogens is 419 g/mol. The number of fused-ring (bicyclic) bond motifs is 1. The number of hydrogen-bond acceptors (Lipinski definition) is 4. The predicted molar refractivity (Wildman–Crippen MR) is 124 cm³/mol. The van der Waals surface area contributed by atoms with Crippen LogP contribution in [0.25, 0.3) is 16.8 Å². The number of anilines is 2. The van der Waals surface area contributed by atoms with E-state index in [-0.39, 0.29) is 0 Å². The van der Waals surface area contributed by atoms with E-state index in [1.165, 1.54) is 0 Å². The van der Waals surface area contributed by atoms with Crippen LogP contribution in [0.3, 0.4) is 0 Å². The molecular formula is C23H26Cl2N4O. The first-order valence-corrected chi connectivity index (χ1v) is 11.2. The molecule has 2 N–H and O–H groups in total. The molecule has 5 nitrogen and oxygen atoms in total. The van der Waals surface area contributed by atoms with E-state index >= 15 is 0 Å². The van der Waals surface area contributed by atoms with E-state index in [0.29, 0.717) is 27.3 Å². The topological polar surface area (TPSA) is 55.8 Å². The maximum absolute atomic E-state index is 6.59. The molecule has 0 radical (unpaired) electrons. The van der Waals surface area contributed by atoms with Crippen molar-refractivity contribution in [1.82, 2.24) is 9.38 Å². The molecule has 1 spiro atoms. The first-order chi connectivity index (χ1) is 14.4. The minimum Gasteiger partial charge on any atom is -0.398 e. The van der Waals surface area contributed by atoms with E-state index in [2.05, 4.69) is 22.4 Å². The van der Waals surface area contributed by atoms with E-state index in [1.54, 1.807) is 6.07 Å². The highest BCUT2D eigenvalue weighted by Gasteiger charge is 2.41. The third-order valence-corrected chi connectivity index (χ3v) is 7.45. The lowest BCUT2D eigenvalue weighted by molar-refractivity contribution is 0.0975. The Hall–Kier alpha value is -1.95. The fourth-order valence-electron chi connectivity index (χ4n) is 5.08. The van der Waals surface area contributed by atoms with E-state index in [1.807, 2.05) is 25.1 Å². The van der Waals surface area contributed by atoms with Gasteiger partial charge < -0.3 is 15.4 Å². The third-order valence-electron chi connectivity index (χ3n) is 6.63. The summed E-state index contributed by atoms with van der Waals surface area (Å²) in [6.07, 6.45) is 5.87. The third kappa shape index (κ3) is 3.24. The number of nitrogens with two attached hydrogens (primary N) is 1. The zero-order chi connectivity index (χ0) is 21.0. The molecule has 2 saturated heterocycles. The summed E-state index contributed by atoms with van der Waals surface area (Å²) in [5, 5.41) is 1.00. The van der Waals surface area contributed by atoms with Gasteiger partial charge in [-0.2, -0.15) is 0 Å². The molecule has 30 heavy (non-hydrogen) atoms. The molecule has 4 heterocycles. The summed E-state index contributed by atoms with van der Waals surface area (Å²) in [7, 11) is 0. The molecule has 7 heteroatoms. The Labute approximate surface area is 186 Å². The molecule has 158 valence electrons. The number of nitrogen functional groups attached to an aromatic ring is 1. The van der Waals surface area contributed by atoms with Gasteiger partial charge in [-0.1, -0.05) is 35.3 Å². The first-order valence-electron chi connectivity index (χ1n) is 10.5. The van der Waals surface area contributed by atoms with Gasteiger partial charge in [-0.3, -0.25) is 4.40 Å². The van der Waals surface area contributed by atoms with Gasteiger partial charge in [0.1, 0.15) is 11.5 Å². The Kier molecular flexibility index (Phi) is 4.88. The second-order valence-electron chi connectivity index (χ2n) is 8.82. The summed E-state index contributed by atoms with van der Waals surface area (Å²) in [6, 6.07) is 7.66. The summed E-state index contributed by atoms with van der Waals surface area (Å²) >= 11 is 12.8. The number of benzene rings is 1. The Morgan fingerprint density at radius 2 is 2.00 bits per heavy atom. The number of aromatic nitrogens is 2. The Morgan fingerprint density at radius 3 is 2.70 bits per heavy atom. The second-order valence-corrected chi connectivity index (χ2v) is 9.61. The van der Waals surface area contributed by atoms with Crippen molar-refractivity contribution in [3.63, 3.8) is 0 Å². The number of piperidine rings is 1. The standard InChI is InChI=1S/C23H26Cl2N4O/c1-14-12-29-19(28-8-6-23(7-9-28)11-15(2)30-13-23)10-18(26)20(22(29)27-14)16-4-3-5-17(24)21(16)25/h3-5,10,12,15H,6-9,11,13,26H2,1-2H3. The van der Waals surface area contributed by atoms with Crippen molar-refractivity contribution in [2.24, 2.45) is 5.41 Å². The van der Waals surface area contributed by atoms with Crippen molar-refractivity contribution < 1.29 is 4.74 Å². The van der Waals surface area contributed by atoms with Crippen molar-refractivity contribution in [2.45, 2.75) is 39.2 Å². The maximum atomic E-state index is 6.59. The normalized spacial score (nSPS) is 21.1. The van der Waals surface area contributed by atoms with Crippen molar-refractivity contribution in [3.8, 4) is 11.1 Å². The van der Waals surface area contributed by atoms with Crippen LogP contribution < -0.4 is 10.6 Å². The molecule has 2 aliphatic rings. The monoisotopic (exact) mass is 444 g/mol. The van der Waals surface area contributed by atoms with Crippen LogP contribution in [0.4, 0.5) is 11.5 Å². The molecule has 3 aromatic rings. The van der Waals surface area contributed by atoms with Gasteiger partial charge in [-0.05, 0) is 44.6 Å². The minimum absolute atomic E-state index is 0.333. The molecule has 2 aliphatic heterocycles. The molecule has 5 rings (SSSR count). The maximum Gasteiger partial charge on any atom is 0.148 e. The fraction of sp³-hybridized carbons (Fsp3) is 0.435. The molecule has 0 aliphatic carbocycles. The van der Waals surface area contributed by atoms with Crippen LogP contribution in [0.2, 0.25) is 10.0 Å². The lowest BCUT2D eigenvalue weighted by Gasteiger charge is -2.39. The van der Waals surface area contributed by atoms with Crippen molar-refractivity contribution in [1.29, 1.82) is 0 Å². The predicted octanol–water partition coefficient (Wildman–Crippen LogP) is 5.59. The Balaban J connectivity index is 1.56. The van der Waals surface area contributed by atoms with Crippen LogP contribution in [-0.4, -0.2) is 35.2 Å². The van der Waals surface area contributed by atoms with Crippen LogP contribution in [0.5, 0.6) is 0 Å². The number of nitrogens with zero attached hydrogens (tertiary/aromatic N) is 3. The molecule has 2 aromatic heterocycles. The Morgan fingerprint density at radius 1 is 1.23 bits per heavy atom. The SMILES string of the molecule is Cc1cn2c(N3CCC4(CC3)COC(C)C4)cc(N)c(-c3cccc(Cl)c3Cl)c2n1. The second kappa shape index (κ2) is 7.33. The van der Waals surface area contributed by atoms with E-state index in [9.17, 15) is 0 Å². The van der Waals surface area contributed by atoms with Crippen LogP contribution in [0.15, 0.2) is 30.5 Å². The molecule has 0 amide bonds. The zero-order valence-electron chi connectivity index (χ0n) is 17.3. The average Bonchev–Trinajstić information content (AvgIpc) is 3.27. The van der Waals surface area contributed by atoms with E-state index < -0.39 is 0 Å². The molecule has 1 atom stereocenters. The lowest BCUT2D eigenvalue weighted by atomic mass is 9.77. The van der Waals surface area contributed by atoms with Crippen molar-refractivity contribution >= 4 is 40.4 Å². The number of pyridine rings is 1. The lowest BCUT2D eigenvalue weighted by Crippen LogP contribution is -2.41. The minimum atomic E-state index is 0.333. The molecule has 1 unspecified atom stereocenters. The highest BCUT2D eigenvalue weighted by Crippen LogP contribution is 2.44. The highest BCUT2D eigenvalue weighted by molar-refractivity contribution is 6.44. The van der Waals surface area contributed by atoms with Crippen molar-refractivity contribution in [2.75, 3.05) is 30.3 Å². The molecule has 2 fully saturated rings. The summed E-state index contributed by atoms with van der Waals surface area (Å²) in [5.41, 5.74) is 11.0. The first kappa shape index (κ1) is 20.0. The number of rotatable bonds is 2. The van der Waals surface area contributed by atoms with Crippen LogP contribution in [0, 0.1) is 12.3 Å². The summed E-state index contributed by atoms with van der Waals surface area (Å²) in [6.45, 7) is 7.03. The zero-order valence-corrected chi connectivity index (χ0v) is 18.8. The van der Waals surface area contributed by atoms with Crippen LogP contribution >= 0.6 is 23.2 Å². The smallest absolute Gasteiger partial charge is 0.148 e. The van der Waals surface area contributed by atoms with Crippen LogP contribution in [-0.2, 0) is 4.74 Å². The van der Waals surface area contributed by atoms with Gasteiger partial charge in [0.15, 0.2) is 0 Å². The quantitative estimate of drug-likeness (QED) is 0.559. The van der Waals surface area contributed by atoms with Gasteiger partial charge in [-0.25, -0.2) is 4.98 Å². The van der Waals surface area contributed by atoms with Gasteiger partial charge >= 0.3 is 0 Å². The number of halogens is 2. The molecule has 0 bridgehead atoms. The highest BCUT2D eigenvalue weighted by atomic mass is 35.5. The number of hydrogen-bond donors (Lipinski definition) is 1. The van der Waals surface area contributed by atoms with Crippen LogP contribution in [0.1, 0.15) is 31.9 Å². The van der Waals surface area contributed by atoms with Gasteiger partial charge in [0.2, 0.25) is 0 Å². The number of imidazole rings is 1. The van der Waals surface area contributed by atoms with Gasteiger partial charge in [-0.15, -0.1) is 0 Å². The largest absolute Gasteiger partial charge is 0.398 e. The Bertz CT molecular complexity index is 1120. The van der Waals surface area contributed by atoms with Gasteiger partial charge in [0.25, 0.3) is 0 Å². The van der Waals surface area contributed by atoms with E-state index in [0.717, 1.165) is 67.2 Å². The fourth-order valence-corrected chi connectivity index (χ4v) is 5.48.